The zero-order valence-electron chi connectivity index (χ0n) is 14.3. The van der Waals surface area contributed by atoms with E-state index in [4.69, 9.17) is 4.74 Å². The summed E-state index contributed by atoms with van der Waals surface area (Å²) in [6.45, 7) is 3.56. The third kappa shape index (κ3) is 4.75. The van der Waals surface area contributed by atoms with Crippen molar-refractivity contribution in [2.75, 3.05) is 7.05 Å². The van der Waals surface area contributed by atoms with Crippen molar-refractivity contribution >= 4 is 5.96 Å². The first-order chi connectivity index (χ1) is 11.7. The molecule has 0 aromatic heterocycles. The normalized spacial score (nSPS) is 19.7. The standard InChI is InChI=1S/C20H25N3O/c1-15-11-19(15)23-20(21-2)22-13-17-9-6-10-18(12-17)24-14-16-7-4-3-5-8-16/h3-10,12,15,19H,11,13-14H2,1-2H3,(H2,21,22,23). The van der Waals surface area contributed by atoms with Crippen molar-refractivity contribution in [3.05, 3.63) is 65.7 Å². The van der Waals surface area contributed by atoms with Crippen LogP contribution >= 0.6 is 0 Å². The molecule has 2 aromatic carbocycles. The maximum absolute atomic E-state index is 5.88. The molecule has 1 saturated carbocycles. The molecule has 2 atom stereocenters. The average molecular weight is 323 g/mol. The van der Waals surface area contributed by atoms with Crippen LogP contribution in [0.25, 0.3) is 0 Å². The maximum atomic E-state index is 5.88. The smallest absolute Gasteiger partial charge is 0.191 e. The van der Waals surface area contributed by atoms with Gasteiger partial charge in [0.05, 0.1) is 0 Å². The van der Waals surface area contributed by atoms with Crippen molar-refractivity contribution in [1.29, 1.82) is 0 Å². The Morgan fingerprint density at radius 3 is 2.58 bits per heavy atom. The van der Waals surface area contributed by atoms with Gasteiger partial charge in [-0.25, -0.2) is 0 Å². The fourth-order valence-electron chi connectivity index (χ4n) is 2.57. The number of hydrogen-bond donors (Lipinski definition) is 2. The third-order valence-electron chi connectivity index (χ3n) is 4.26. The molecular weight excluding hydrogens is 298 g/mol. The molecule has 4 nitrogen and oxygen atoms in total. The molecule has 2 aromatic rings. The summed E-state index contributed by atoms with van der Waals surface area (Å²) in [6.07, 6.45) is 1.23. The van der Waals surface area contributed by atoms with Crippen LogP contribution in [0.4, 0.5) is 0 Å². The van der Waals surface area contributed by atoms with E-state index >= 15 is 0 Å². The lowest BCUT2D eigenvalue weighted by Crippen LogP contribution is -2.38. The number of ether oxygens (including phenoxy) is 1. The molecule has 0 bridgehead atoms. The van der Waals surface area contributed by atoms with E-state index in [1.54, 1.807) is 0 Å². The van der Waals surface area contributed by atoms with E-state index in [2.05, 4.69) is 46.8 Å². The van der Waals surface area contributed by atoms with E-state index < -0.39 is 0 Å². The van der Waals surface area contributed by atoms with E-state index in [-0.39, 0.29) is 0 Å². The van der Waals surface area contributed by atoms with Crippen LogP contribution in [0.5, 0.6) is 5.75 Å². The van der Waals surface area contributed by atoms with Gasteiger partial charge in [0.1, 0.15) is 12.4 Å². The summed E-state index contributed by atoms with van der Waals surface area (Å²) >= 11 is 0. The van der Waals surface area contributed by atoms with Crippen LogP contribution in [0.15, 0.2) is 59.6 Å². The first-order valence-corrected chi connectivity index (χ1v) is 8.47. The predicted octanol–water partition coefficient (Wildman–Crippen LogP) is 3.34. The molecule has 3 rings (SSSR count). The van der Waals surface area contributed by atoms with Gasteiger partial charge in [-0.05, 0) is 35.6 Å². The SMILES string of the molecule is CN=C(NCc1cccc(OCc2ccccc2)c1)NC1CC1C. The van der Waals surface area contributed by atoms with Gasteiger partial charge in [0.25, 0.3) is 0 Å². The van der Waals surface area contributed by atoms with E-state index in [1.807, 2.05) is 37.4 Å². The van der Waals surface area contributed by atoms with Gasteiger partial charge in [-0.3, -0.25) is 4.99 Å². The number of aliphatic imine (C=N–C) groups is 1. The Hall–Kier alpha value is -2.49. The van der Waals surface area contributed by atoms with Crippen molar-refractivity contribution in [2.45, 2.75) is 32.5 Å². The Balaban J connectivity index is 1.51. The Bertz CT molecular complexity index is 684. The van der Waals surface area contributed by atoms with Gasteiger partial charge in [0, 0.05) is 19.6 Å². The number of nitrogens with zero attached hydrogens (tertiary/aromatic N) is 1. The second-order valence-electron chi connectivity index (χ2n) is 6.31. The Labute approximate surface area is 144 Å². The molecule has 4 heteroatoms. The summed E-state index contributed by atoms with van der Waals surface area (Å²) in [4.78, 5) is 4.28. The van der Waals surface area contributed by atoms with Gasteiger partial charge in [-0.2, -0.15) is 0 Å². The van der Waals surface area contributed by atoms with Crippen molar-refractivity contribution in [3.63, 3.8) is 0 Å². The topological polar surface area (TPSA) is 45.7 Å². The monoisotopic (exact) mass is 323 g/mol. The second-order valence-corrected chi connectivity index (χ2v) is 6.31. The van der Waals surface area contributed by atoms with Gasteiger partial charge in [-0.15, -0.1) is 0 Å². The van der Waals surface area contributed by atoms with Crippen LogP contribution in [0.1, 0.15) is 24.5 Å². The molecule has 0 aliphatic heterocycles. The van der Waals surface area contributed by atoms with E-state index in [9.17, 15) is 0 Å². The summed E-state index contributed by atoms with van der Waals surface area (Å²) in [5, 5.41) is 6.79. The summed E-state index contributed by atoms with van der Waals surface area (Å²) in [5.41, 5.74) is 2.34. The lowest BCUT2D eigenvalue weighted by atomic mass is 10.2. The first-order valence-electron chi connectivity index (χ1n) is 8.47. The molecule has 24 heavy (non-hydrogen) atoms. The molecule has 2 N–H and O–H groups in total. The van der Waals surface area contributed by atoms with Gasteiger partial charge >= 0.3 is 0 Å². The number of rotatable bonds is 6. The quantitative estimate of drug-likeness (QED) is 0.633. The first kappa shape index (κ1) is 16.4. The highest BCUT2D eigenvalue weighted by Gasteiger charge is 2.33. The van der Waals surface area contributed by atoms with Gasteiger partial charge in [-0.1, -0.05) is 49.4 Å². The lowest BCUT2D eigenvalue weighted by Gasteiger charge is -2.12. The molecule has 1 aliphatic carbocycles. The predicted molar refractivity (Wildman–Crippen MR) is 98.1 cm³/mol. The molecule has 0 saturated heterocycles. The molecule has 0 radical (unpaired) electrons. The molecule has 2 unspecified atom stereocenters. The van der Waals surface area contributed by atoms with Crippen molar-refractivity contribution in [3.8, 4) is 5.75 Å². The minimum Gasteiger partial charge on any atom is -0.489 e. The van der Waals surface area contributed by atoms with Crippen LogP contribution in [0.3, 0.4) is 0 Å². The Morgan fingerprint density at radius 2 is 1.88 bits per heavy atom. The molecule has 1 aliphatic rings. The van der Waals surface area contributed by atoms with Crippen LogP contribution in [-0.2, 0) is 13.2 Å². The largest absolute Gasteiger partial charge is 0.489 e. The molecule has 0 amide bonds. The minimum absolute atomic E-state index is 0.566. The van der Waals surface area contributed by atoms with Gasteiger partial charge in [0.15, 0.2) is 5.96 Å². The summed E-state index contributed by atoms with van der Waals surface area (Å²) < 4.78 is 5.88. The highest BCUT2D eigenvalue weighted by atomic mass is 16.5. The van der Waals surface area contributed by atoms with Crippen LogP contribution in [0.2, 0.25) is 0 Å². The second kappa shape index (κ2) is 7.86. The van der Waals surface area contributed by atoms with Crippen molar-refractivity contribution in [2.24, 2.45) is 10.9 Å². The molecule has 0 heterocycles. The van der Waals surface area contributed by atoms with E-state index in [0.29, 0.717) is 12.6 Å². The van der Waals surface area contributed by atoms with Gasteiger partial charge < -0.3 is 15.4 Å². The zero-order valence-corrected chi connectivity index (χ0v) is 14.3. The fourth-order valence-corrected chi connectivity index (χ4v) is 2.57. The Morgan fingerprint density at radius 1 is 1.12 bits per heavy atom. The number of hydrogen-bond acceptors (Lipinski definition) is 2. The van der Waals surface area contributed by atoms with Crippen molar-refractivity contribution in [1.82, 2.24) is 10.6 Å². The Kier molecular flexibility index (Phi) is 5.36. The van der Waals surface area contributed by atoms with Gasteiger partial charge in [0.2, 0.25) is 0 Å². The van der Waals surface area contributed by atoms with Crippen molar-refractivity contribution < 1.29 is 4.74 Å². The van der Waals surface area contributed by atoms with E-state index in [1.165, 1.54) is 17.5 Å². The highest BCUT2D eigenvalue weighted by Crippen LogP contribution is 2.28. The fraction of sp³-hybridized carbons (Fsp3) is 0.350. The summed E-state index contributed by atoms with van der Waals surface area (Å²) in [5.74, 6) is 2.50. The highest BCUT2D eigenvalue weighted by molar-refractivity contribution is 5.80. The zero-order chi connectivity index (χ0) is 16.8. The minimum atomic E-state index is 0.566. The lowest BCUT2D eigenvalue weighted by molar-refractivity contribution is 0.306. The van der Waals surface area contributed by atoms with Crippen LogP contribution in [-0.4, -0.2) is 19.0 Å². The van der Waals surface area contributed by atoms with Crippen LogP contribution < -0.4 is 15.4 Å². The molecule has 1 fully saturated rings. The van der Waals surface area contributed by atoms with E-state index in [0.717, 1.165) is 24.2 Å². The van der Waals surface area contributed by atoms with Crippen LogP contribution in [0, 0.1) is 5.92 Å². The molecular formula is C20H25N3O. The number of benzene rings is 2. The average Bonchev–Trinajstić information content (AvgIpc) is 3.33. The summed E-state index contributed by atoms with van der Waals surface area (Å²) in [7, 11) is 1.81. The number of guanidine groups is 1. The number of nitrogens with one attached hydrogen (secondary N) is 2. The third-order valence-corrected chi connectivity index (χ3v) is 4.26. The molecule has 0 spiro atoms. The maximum Gasteiger partial charge on any atom is 0.191 e. The summed E-state index contributed by atoms with van der Waals surface area (Å²) in [6, 6.07) is 19.0. The molecule has 126 valence electrons.